The standard InChI is InChI=1S/C14H23N3O2/c1-6-7-14(4,5)17-10-8-15-12(9(2)3)16-11(10)13(18)19/h8-9,17H,6-7H2,1-5H3,(H,18,19). The number of aromatic nitrogens is 2. The number of hydrogen-bond acceptors (Lipinski definition) is 4. The van der Waals surface area contributed by atoms with Crippen LogP contribution in [0.15, 0.2) is 6.20 Å². The lowest BCUT2D eigenvalue weighted by molar-refractivity contribution is 0.0691. The highest BCUT2D eigenvalue weighted by Crippen LogP contribution is 2.22. The lowest BCUT2D eigenvalue weighted by atomic mass is 9.98. The first-order valence-corrected chi connectivity index (χ1v) is 6.65. The number of carbonyl (C=O) groups is 1. The van der Waals surface area contributed by atoms with Crippen molar-refractivity contribution in [3.05, 3.63) is 17.7 Å². The Morgan fingerprint density at radius 2 is 2.11 bits per heavy atom. The largest absolute Gasteiger partial charge is 0.476 e. The molecule has 0 bridgehead atoms. The summed E-state index contributed by atoms with van der Waals surface area (Å²) in [6.07, 6.45) is 3.54. The maximum absolute atomic E-state index is 11.3. The van der Waals surface area contributed by atoms with Gasteiger partial charge in [-0.05, 0) is 20.3 Å². The predicted octanol–water partition coefficient (Wildman–Crippen LogP) is 3.29. The molecule has 19 heavy (non-hydrogen) atoms. The first-order chi connectivity index (χ1) is 8.76. The van der Waals surface area contributed by atoms with Gasteiger partial charge in [-0.3, -0.25) is 0 Å². The lowest BCUT2D eigenvalue weighted by Crippen LogP contribution is -2.31. The fraction of sp³-hybridized carbons (Fsp3) is 0.643. The van der Waals surface area contributed by atoms with Gasteiger partial charge in [0, 0.05) is 11.5 Å². The number of aromatic carboxylic acids is 1. The Morgan fingerprint density at radius 1 is 1.47 bits per heavy atom. The average Bonchev–Trinajstić information content (AvgIpc) is 2.27. The van der Waals surface area contributed by atoms with Gasteiger partial charge in [-0.2, -0.15) is 0 Å². The van der Waals surface area contributed by atoms with Gasteiger partial charge in [0.1, 0.15) is 5.82 Å². The van der Waals surface area contributed by atoms with Crippen LogP contribution >= 0.6 is 0 Å². The van der Waals surface area contributed by atoms with Crippen LogP contribution in [0.2, 0.25) is 0 Å². The number of nitrogens with zero attached hydrogens (tertiary/aromatic N) is 2. The van der Waals surface area contributed by atoms with E-state index in [4.69, 9.17) is 0 Å². The van der Waals surface area contributed by atoms with E-state index in [0.29, 0.717) is 11.5 Å². The van der Waals surface area contributed by atoms with Crippen molar-refractivity contribution in [3.8, 4) is 0 Å². The van der Waals surface area contributed by atoms with Crippen molar-refractivity contribution in [3.63, 3.8) is 0 Å². The second kappa shape index (κ2) is 5.99. The molecule has 0 saturated carbocycles. The van der Waals surface area contributed by atoms with Crippen LogP contribution in [-0.2, 0) is 0 Å². The second-order valence-corrected chi connectivity index (χ2v) is 5.71. The van der Waals surface area contributed by atoms with Gasteiger partial charge in [-0.25, -0.2) is 14.8 Å². The molecule has 106 valence electrons. The Morgan fingerprint density at radius 3 is 2.58 bits per heavy atom. The average molecular weight is 265 g/mol. The van der Waals surface area contributed by atoms with E-state index in [1.54, 1.807) is 6.20 Å². The number of hydrogen-bond donors (Lipinski definition) is 2. The predicted molar refractivity (Wildman–Crippen MR) is 75.7 cm³/mol. The summed E-state index contributed by atoms with van der Waals surface area (Å²) in [7, 11) is 0. The number of carboxylic acids is 1. The van der Waals surface area contributed by atoms with Crippen molar-refractivity contribution < 1.29 is 9.90 Å². The van der Waals surface area contributed by atoms with Crippen molar-refractivity contribution in [2.24, 2.45) is 0 Å². The summed E-state index contributed by atoms with van der Waals surface area (Å²) in [5, 5.41) is 12.5. The van der Waals surface area contributed by atoms with Crippen LogP contribution in [0.3, 0.4) is 0 Å². The first-order valence-electron chi connectivity index (χ1n) is 6.65. The SMILES string of the molecule is CCCC(C)(C)Nc1cnc(C(C)C)nc1C(=O)O. The van der Waals surface area contributed by atoms with Gasteiger partial charge < -0.3 is 10.4 Å². The molecule has 1 aromatic rings. The van der Waals surface area contributed by atoms with Crippen LogP contribution in [0, 0.1) is 0 Å². The van der Waals surface area contributed by atoms with Gasteiger partial charge in [0.05, 0.1) is 11.9 Å². The van der Waals surface area contributed by atoms with Crippen LogP contribution in [-0.4, -0.2) is 26.6 Å². The van der Waals surface area contributed by atoms with E-state index in [2.05, 4.69) is 22.2 Å². The summed E-state index contributed by atoms with van der Waals surface area (Å²) in [6, 6.07) is 0. The molecule has 1 rings (SSSR count). The van der Waals surface area contributed by atoms with Crippen molar-refractivity contribution in [2.45, 2.75) is 58.9 Å². The highest BCUT2D eigenvalue weighted by atomic mass is 16.4. The molecule has 0 aliphatic rings. The first kappa shape index (κ1) is 15.4. The highest BCUT2D eigenvalue weighted by molar-refractivity contribution is 5.91. The van der Waals surface area contributed by atoms with Gasteiger partial charge >= 0.3 is 5.97 Å². The lowest BCUT2D eigenvalue weighted by Gasteiger charge is -2.27. The third kappa shape index (κ3) is 4.19. The fourth-order valence-corrected chi connectivity index (χ4v) is 1.98. The van der Waals surface area contributed by atoms with Crippen LogP contribution in [0.25, 0.3) is 0 Å². The third-order valence-electron chi connectivity index (χ3n) is 2.87. The Hall–Kier alpha value is -1.65. The Kier molecular flexibility index (Phi) is 4.86. The summed E-state index contributed by atoms with van der Waals surface area (Å²) >= 11 is 0. The van der Waals surface area contributed by atoms with E-state index in [1.807, 2.05) is 27.7 Å². The maximum Gasteiger partial charge on any atom is 0.356 e. The van der Waals surface area contributed by atoms with Gasteiger partial charge in [0.2, 0.25) is 0 Å². The normalized spacial score (nSPS) is 11.7. The summed E-state index contributed by atoms with van der Waals surface area (Å²) in [4.78, 5) is 19.7. The Bertz CT molecular complexity index is 456. The molecule has 0 amide bonds. The van der Waals surface area contributed by atoms with E-state index in [9.17, 15) is 9.90 Å². The summed E-state index contributed by atoms with van der Waals surface area (Å²) in [5.41, 5.74) is 0.347. The molecule has 0 saturated heterocycles. The molecule has 0 spiro atoms. The molecule has 0 aliphatic carbocycles. The summed E-state index contributed by atoms with van der Waals surface area (Å²) in [5.74, 6) is -0.369. The van der Waals surface area contributed by atoms with Crippen molar-refractivity contribution in [2.75, 3.05) is 5.32 Å². The van der Waals surface area contributed by atoms with E-state index < -0.39 is 5.97 Å². The van der Waals surface area contributed by atoms with Crippen LogP contribution in [0.5, 0.6) is 0 Å². The van der Waals surface area contributed by atoms with Crippen molar-refractivity contribution >= 4 is 11.7 Å². The zero-order valence-electron chi connectivity index (χ0n) is 12.3. The molecule has 1 aromatic heterocycles. The highest BCUT2D eigenvalue weighted by Gasteiger charge is 2.22. The maximum atomic E-state index is 11.3. The molecule has 0 aliphatic heterocycles. The van der Waals surface area contributed by atoms with Crippen LogP contribution < -0.4 is 5.32 Å². The summed E-state index contributed by atoms with van der Waals surface area (Å²) in [6.45, 7) is 10.1. The Balaban J connectivity index is 3.10. The molecule has 0 aromatic carbocycles. The minimum Gasteiger partial charge on any atom is -0.476 e. The molecule has 0 fully saturated rings. The van der Waals surface area contributed by atoms with E-state index >= 15 is 0 Å². The van der Waals surface area contributed by atoms with Gasteiger partial charge in [-0.1, -0.05) is 27.2 Å². The quantitative estimate of drug-likeness (QED) is 0.825. The number of carboxylic acid groups (broad SMARTS) is 1. The minimum atomic E-state index is -1.03. The molecular formula is C14H23N3O2. The molecule has 5 heteroatoms. The zero-order valence-corrected chi connectivity index (χ0v) is 12.3. The Labute approximate surface area is 114 Å². The fourth-order valence-electron chi connectivity index (χ4n) is 1.98. The minimum absolute atomic E-state index is 0.0443. The van der Waals surface area contributed by atoms with Gasteiger partial charge in [-0.15, -0.1) is 0 Å². The number of nitrogens with one attached hydrogen (secondary N) is 1. The van der Waals surface area contributed by atoms with E-state index in [1.165, 1.54) is 0 Å². The summed E-state index contributed by atoms with van der Waals surface area (Å²) < 4.78 is 0. The number of anilines is 1. The molecule has 0 unspecified atom stereocenters. The van der Waals surface area contributed by atoms with Crippen molar-refractivity contribution in [1.29, 1.82) is 0 Å². The molecule has 2 N–H and O–H groups in total. The second-order valence-electron chi connectivity index (χ2n) is 5.71. The zero-order chi connectivity index (χ0) is 14.6. The van der Waals surface area contributed by atoms with E-state index in [0.717, 1.165) is 12.8 Å². The molecule has 5 nitrogen and oxygen atoms in total. The number of rotatable bonds is 6. The topological polar surface area (TPSA) is 75.1 Å². The van der Waals surface area contributed by atoms with Gasteiger partial charge in [0.25, 0.3) is 0 Å². The van der Waals surface area contributed by atoms with Crippen molar-refractivity contribution in [1.82, 2.24) is 9.97 Å². The molecular weight excluding hydrogens is 242 g/mol. The van der Waals surface area contributed by atoms with Crippen LogP contribution in [0.1, 0.15) is 69.7 Å². The van der Waals surface area contributed by atoms with E-state index in [-0.39, 0.29) is 17.2 Å². The molecule has 0 atom stereocenters. The smallest absolute Gasteiger partial charge is 0.356 e. The monoisotopic (exact) mass is 265 g/mol. The third-order valence-corrected chi connectivity index (χ3v) is 2.87. The van der Waals surface area contributed by atoms with Crippen LogP contribution in [0.4, 0.5) is 5.69 Å². The molecule has 0 radical (unpaired) electrons. The van der Waals surface area contributed by atoms with Gasteiger partial charge in [0.15, 0.2) is 5.69 Å². The molecule has 1 heterocycles.